The fraction of sp³-hybridized carbons (Fsp3) is 0.316. The predicted octanol–water partition coefficient (Wildman–Crippen LogP) is 1.21. The van der Waals surface area contributed by atoms with Gasteiger partial charge >= 0.3 is 0 Å². The number of pyridine rings is 1. The molecule has 0 unspecified atom stereocenters. The topological polar surface area (TPSA) is 104 Å². The second kappa shape index (κ2) is 6.55. The number of imide groups is 1. The zero-order valence-electron chi connectivity index (χ0n) is 15.1. The summed E-state index contributed by atoms with van der Waals surface area (Å²) in [5.74, 6) is -0.129. The van der Waals surface area contributed by atoms with E-state index in [2.05, 4.69) is 15.7 Å². The molecule has 0 spiro atoms. The summed E-state index contributed by atoms with van der Waals surface area (Å²) >= 11 is 0. The molecule has 0 bridgehead atoms. The van der Waals surface area contributed by atoms with Crippen LogP contribution in [0.2, 0.25) is 0 Å². The molecular formula is C19H20N4O4. The first kappa shape index (κ1) is 17.3. The van der Waals surface area contributed by atoms with Gasteiger partial charge in [0.15, 0.2) is 0 Å². The first-order valence-corrected chi connectivity index (χ1v) is 8.79. The van der Waals surface area contributed by atoms with Crippen LogP contribution in [0.5, 0.6) is 5.75 Å². The van der Waals surface area contributed by atoms with Crippen LogP contribution < -0.4 is 21.0 Å². The van der Waals surface area contributed by atoms with E-state index < -0.39 is 5.91 Å². The highest BCUT2D eigenvalue weighted by atomic mass is 16.5. The summed E-state index contributed by atoms with van der Waals surface area (Å²) in [4.78, 5) is 39.2. The Balaban J connectivity index is 1.70. The smallest absolute Gasteiger partial charge is 0.271 e. The summed E-state index contributed by atoms with van der Waals surface area (Å²) in [6, 6.07) is 3.67. The summed E-state index contributed by atoms with van der Waals surface area (Å²) in [6.07, 6.45) is 2.94. The number of rotatable bonds is 4. The van der Waals surface area contributed by atoms with Crippen LogP contribution in [-0.4, -0.2) is 35.5 Å². The molecule has 1 aromatic heterocycles. The van der Waals surface area contributed by atoms with Gasteiger partial charge in [-0.2, -0.15) is 0 Å². The Bertz CT molecular complexity index is 1050. The van der Waals surface area contributed by atoms with Gasteiger partial charge in [0.2, 0.25) is 0 Å². The maximum atomic E-state index is 12.4. The molecule has 27 heavy (non-hydrogen) atoms. The molecule has 3 heterocycles. The van der Waals surface area contributed by atoms with E-state index in [0.717, 1.165) is 46.6 Å². The Morgan fingerprint density at radius 3 is 2.78 bits per heavy atom. The quantitative estimate of drug-likeness (QED) is 0.701. The number of methoxy groups -OCH3 is 1. The van der Waals surface area contributed by atoms with E-state index in [4.69, 9.17) is 4.74 Å². The zero-order valence-corrected chi connectivity index (χ0v) is 15.1. The van der Waals surface area contributed by atoms with Gasteiger partial charge in [-0.1, -0.05) is 0 Å². The molecular weight excluding hydrogens is 348 g/mol. The Hall–Kier alpha value is -3.13. The number of hydrazine groups is 1. The fourth-order valence-corrected chi connectivity index (χ4v) is 3.57. The standard InChI is InChI=1S/C19H20N4O4/c1-10-6-15(24)23(19(10)26)21-9-11-7-13-16(14(8-11)27-2)17-12(18(25)22-13)4-3-5-20-17/h6-8,20-21H,3-5,9H2,1-2H3,(H,22,25). The number of nitrogens with one attached hydrogen (secondary N) is 3. The van der Waals surface area contributed by atoms with Crippen LogP contribution in [0.1, 0.15) is 24.5 Å². The van der Waals surface area contributed by atoms with Crippen LogP contribution in [0, 0.1) is 0 Å². The lowest BCUT2D eigenvalue weighted by atomic mass is 10.00. The molecule has 0 atom stereocenters. The predicted molar refractivity (Wildman–Crippen MR) is 100 cm³/mol. The molecule has 2 amide bonds. The van der Waals surface area contributed by atoms with Crippen molar-refractivity contribution >= 4 is 28.4 Å². The van der Waals surface area contributed by atoms with Gasteiger partial charge in [0.25, 0.3) is 17.4 Å². The van der Waals surface area contributed by atoms with Crippen molar-refractivity contribution in [2.24, 2.45) is 0 Å². The number of amides is 2. The third-order valence-electron chi connectivity index (χ3n) is 4.90. The second-order valence-electron chi connectivity index (χ2n) is 6.70. The Morgan fingerprint density at radius 2 is 2.07 bits per heavy atom. The van der Waals surface area contributed by atoms with Gasteiger partial charge in [0, 0.05) is 30.3 Å². The minimum Gasteiger partial charge on any atom is -0.496 e. The first-order valence-electron chi connectivity index (χ1n) is 8.79. The van der Waals surface area contributed by atoms with Gasteiger partial charge in [0.1, 0.15) is 5.75 Å². The van der Waals surface area contributed by atoms with Gasteiger partial charge in [0.05, 0.1) is 23.7 Å². The second-order valence-corrected chi connectivity index (χ2v) is 6.70. The molecule has 0 radical (unpaired) electrons. The molecule has 0 aliphatic carbocycles. The maximum Gasteiger partial charge on any atom is 0.271 e. The van der Waals surface area contributed by atoms with Crippen molar-refractivity contribution in [2.45, 2.75) is 26.3 Å². The van der Waals surface area contributed by atoms with E-state index in [0.29, 0.717) is 16.8 Å². The van der Waals surface area contributed by atoms with Gasteiger partial charge in [-0.3, -0.25) is 14.4 Å². The highest BCUT2D eigenvalue weighted by Gasteiger charge is 2.28. The average Bonchev–Trinajstić information content (AvgIpc) is 2.91. The normalized spacial score (nSPS) is 16.4. The van der Waals surface area contributed by atoms with E-state index in [9.17, 15) is 14.4 Å². The number of carbonyl (C=O) groups is 2. The third-order valence-corrected chi connectivity index (χ3v) is 4.90. The van der Waals surface area contributed by atoms with Crippen molar-refractivity contribution in [2.75, 3.05) is 19.0 Å². The number of nitrogens with zero attached hydrogens (tertiary/aromatic N) is 1. The maximum absolute atomic E-state index is 12.4. The molecule has 0 saturated carbocycles. The molecule has 3 N–H and O–H groups in total. The Labute approximate surface area is 155 Å². The molecule has 8 nitrogen and oxygen atoms in total. The van der Waals surface area contributed by atoms with Crippen LogP contribution in [0.25, 0.3) is 10.9 Å². The fourth-order valence-electron chi connectivity index (χ4n) is 3.57. The lowest BCUT2D eigenvalue weighted by molar-refractivity contribution is -0.141. The minimum absolute atomic E-state index is 0.110. The molecule has 2 aliphatic heterocycles. The number of H-pyrrole nitrogens is 1. The minimum atomic E-state index is -0.392. The monoisotopic (exact) mass is 368 g/mol. The molecule has 4 rings (SSSR count). The number of aromatic nitrogens is 1. The number of anilines is 1. The van der Waals surface area contributed by atoms with E-state index in [1.165, 1.54) is 6.08 Å². The van der Waals surface area contributed by atoms with E-state index in [1.807, 2.05) is 12.1 Å². The number of benzene rings is 1. The van der Waals surface area contributed by atoms with E-state index in [1.54, 1.807) is 14.0 Å². The largest absolute Gasteiger partial charge is 0.496 e. The number of hydrogen-bond donors (Lipinski definition) is 3. The van der Waals surface area contributed by atoms with E-state index in [-0.39, 0.29) is 18.0 Å². The number of fused-ring (bicyclic) bond motifs is 3. The van der Waals surface area contributed by atoms with Crippen molar-refractivity contribution in [3.05, 3.63) is 45.3 Å². The lowest BCUT2D eigenvalue weighted by Gasteiger charge is -2.21. The number of ether oxygens (including phenoxy) is 1. The van der Waals surface area contributed by atoms with Crippen molar-refractivity contribution < 1.29 is 14.3 Å². The van der Waals surface area contributed by atoms with Crippen molar-refractivity contribution in [1.82, 2.24) is 15.4 Å². The summed E-state index contributed by atoms with van der Waals surface area (Å²) in [7, 11) is 1.58. The molecule has 2 aromatic rings. The van der Waals surface area contributed by atoms with Gasteiger partial charge in [-0.15, -0.1) is 0 Å². The van der Waals surface area contributed by atoms with Gasteiger partial charge in [-0.25, -0.2) is 10.4 Å². The SMILES string of the molecule is COc1cc(CNN2C(=O)C=C(C)C2=O)cc2[nH]c(=O)c3c(c12)NCCC3. The third kappa shape index (κ3) is 2.87. The van der Waals surface area contributed by atoms with Crippen LogP contribution >= 0.6 is 0 Å². The van der Waals surface area contributed by atoms with Crippen LogP contribution in [0.3, 0.4) is 0 Å². The summed E-state index contributed by atoms with van der Waals surface area (Å²) in [5.41, 5.74) is 6.11. The number of carbonyl (C=O) groups excluding carboxylic acids is 2. The Kier molecular flexibility index (Phi) is 4.19. The first-order chi connectivity index (χ1) is 13.0. The molecule has 140 valence electrons. The van der Waals surface area contributed by atoms with Crippen molar-refractivity contribution in [1.29, 1.82) is 0 Å². The van der Waals surface area contributed by atoms with Crippen LogP contribution in [0.4, 0.5) is 5.69 Å². The van der Waals surface area contributed by atoms with E-state index >= 15 is 0 Å². The summed E-state index contributed by atoms with van der Waals surface area (Å²) in [6.45, 7) is 2.64. The summed E-state index contributed by atoms with van der Waals surface area (Å²) in [5, 5.41) is 5.14. The molecule has 2 aliphatic rings. The van der Waals surface area contributed by atoms with Crippen LogP contribution in [-0.2, 0) is 22.6 Å². The molecule has 0 saturated heterocycles. The highest BCUT2D eigenvalue weighted by molar-refractivity contribution is 6.15. The van der Waals surface area contributed by atoms with Crippen molar-refractivity contribution in [3.8, 4) is 5.75 Å². The summed E-state index contributed by atoms with van der Waals surface area (Å²) < 4.78 is 5.56. The highest BCUT2D eigenvalue weighted by Crippen LogP contribution is 2.35. The van der Waals surface area contributed by atoms with Crippen LogP contribution in [0.15, 0.2) is 28.6 Å². The van der Waals surface area contributed by atoms with Gasteiger partial charge < -0.3 is 15.0 Å². The number of hydrogen-bond acceptors (Lipinski definition) is 6. The Morgan fingerprint density at radius 1 is 1.26 bits per heavy atom. The average molecular weight is 368 g/mol. The molecule has 0 fully saturated rings. The lowest BCUT2D eigenvalue weighted by Crippen LogP contribution is -2.42. The number of aromatic amines is 1. The zero-order chi connectivity index (χ0) is 19.1. The van der Waals surface area contributed by atoms with Crippen molar-refractivity contribution in [3.63, 3.8) is 0 Å². The molecule has 8 heteroatoms. The molecule has 1 aromatic carbocycles. The van der Waals surface area contributed by atoms with Gasteiger partial charge in [-0.05, 0) is 37.5 Å².